The Kier molecular flexibility index (Phi) is 21.6. The van der Waals surface area contributed by atoms with Crippen LogP contribution in [0, 0.1) is 0 Å². The predicted molar refractivity (Wildman–Crippen MR) is 114 cm³/mol. The summed E-state index contributed by atoms with van der Waals surface area (Å²) in [7, 11) is 0. The third kappa shape index (κ3) is 21.3. The van der Waals surface area contributed by atoms with Crippen LogP contribution >= 0.6 is 0 Å². The van der Waals surface area contributed by atoms with Crippen molar-refractivity contribution in [2.24, 2.45) is 0 Å². The summed E-state index contributed by atoms with van der Waals surface area (Å²) in [6, 6.07) is 0. The highest BCUT2D eigenvalue weighted by Crippen LogP contribution is 2.13. The largest absolute Gasteiger partial charge is 0.499 e. The molecule has 26 heavy (non-hydrogen) atoms. The van der Waals surface area contributed by atoms with Gasteiger partial charge in [0.1, 0.15) is 0 Å². The molecule has 0 saturated heterocycles. The molecule has 0 N–H and O–H groups in total. The van der Waals surface area contributed by atoms with Crippen LogP contribution in [0.1, 0.15) is 116 Å². The number of hydrogen-bond donors (Lipinski definition) is 0. The fraction of sp³-hybridized carbons (Fsp3) is 0.833. The molecule has 0 bridgehead atoms. The van der Waals surface area contributed by atoms with Crippen LogP contribution in [0.15, 0.2) is 24.5 Å². The van der Waals surface area contributed by atoms with Crippen molar-refractivity contribution in [3.05, 3.63) is 24.5 Å². The molecule has 0 aromatic heterocycles. The van der Waals surface area contributed by atoms with Gasteiger partial charge in [0.25, 0.3) is 0 Å². The molecule has 0 unspecified atom stereocenters. The summed E-state index contributed by atoms with van der Waals surface area (Å²) in [4.78, 5) is 0. The van der Waals surface area contributed by atoms with E-state index in [0.29, 0.717) is 13.0 Å². The highest BCUT2D eigenvalue weighted by molar-refractivity contribution is 4.82. The van der Waals surface area contributed by atoms with E-state index in [0.717, 1.165) is 25.0 Å². The standard InChI is InChI=1S/C24H45FO/c1-3-4-5-6-7-8-9-10-11-12-13-14-15-16-18-21-24(2)26-23-20-17-19-22-25/h10-11H,2-9,12-23H2,1H3/b11-10-. The molecule has 0 rings (SSSR count). The van der Waals surface area contributed by atoms with Gasteiger partial charge in [-0.3, -0.25) is 4.39 Å². The highest BCUT2D eigenvalue weighted by atomic mass is 19.1. The number of halogens is 1. The molecule has 1 nitrogen and oxygen atoms in total. The van der Waals surface area contributed by atoms with E-state index in [2.05, 4.69) is 25.7 Å². The van der Waals surface area contributed by atoms with E-state index < -0.39 is 0 Å². The first kappa shape index (κ1) is 25.2. The van der Waals surface area contributed by atoms with Crippen molar-refractivity contribution in [2.75, 3.05) is 13.3 Å². The summed E-state index contributed by atoms with van der Waals surface area (Å²) in [5, 5.41) is 0. The second kappa shape index (κ2) is 22.3. The maximum atomic E-state index is 12.0. The third-order valence-electron chi connectivity index (χ3n) is 4.80. The fourth-order valence-electron chi connectivity index (χ4n) is 3.05. The molecule has 0 aliphatic carbocycles. The van der Waals surface area contributed by atoms with Gasteiger partial charge in [-0.2, -0.15) is 0 Å². The lowest BCUT2D eigenvalue weighted by atomic mass is 10.1. The van der Waals surface area contributed by atoms with E-state index in [9.17, 15) is 4.39 Å². The smallest absolute Gasteiger partial charge is 0.0894 e. The normalized spacial score (nSPS) is 11.3. The molecule has 0 radical (unpaired) electrons. The molecule has 0 aliphatic rings. The van der Waals surface area contributed by atoms with Crippen molar-refractivity contribution >= 4 is 0 Å². The van der Waals surface area contributed by atoms with Gasteiger partial charge >= 0.3 is 0 Å². The Morgan fingerprint density at radius 1 is 0.731 bits per heavy atom. The molecule has 2 heteroatoms. The van der Waals surface area contributed by atoms with Crippen molar-refractivity contribution in [1.29, 1.82) is 0 Å². The molecule has 0 spiro atoms. The highest BCUT2D eigenvalue weighted by Gasteiger charge is 1.97. The summed E-state index contributed by atoms with van der Waals surface area (Å²) in [5.41, 5.74) is 0. The average molecular weight is 369 g/mol. The molecule has 154 valence electrons. The maximum absolute atomic E-state index is 12.0. The molecular formula is C24H45FO. The zero-order valence-electron chi connectivity index (χ0n) is 17.6. The van der Waals surface area contributed by atoms with Gasteiger partial charge in [-0.25, -0.2) is 0 Å². The Balaban J connectivity index is 3.18. The first-order chi connectivity index (χ1) is 12.8. The molecule has 0 atom stereocenters. The zero-order chi connectivity index (χ0) is 19.1. The lowest BCUT2D eigenvalue weighted by Gasteiger charge is -2.08. The molecule has 0 fully saturated rings. The van der Waals surface area contributed by atoms with Crippen LogP contribution in [0.3, 0.4) is 0 Å². The van der Waals surface area contributed by atoms with E-state index in [-0.39, 0.29) is 6.67 Å². The summed E-state index contributed by atoms with van der Waals surface area (Å²) in [5.74, 6) is 0.905. The minimum Gasteiger partial charge on any atom is -0.499 e. The molecule has 0 aliphatic heterocycles. The number of rotatable bonds is 21. The van der Waals surface area contributed by atoms with E-state index in [1.807, 2.05) is 0 Å². The van der Waals surface area contributed by atoms with Crippen LogP contribution in [0.2, 0.25) is 0 Å². The Morgan fingerprint density at radius 2 is 1.27 bits per heavy atom. The Labute approximate surface area is 163 Å². The van der Waals surface area contributed by atoms with Gasteiger partial charge < -0.3 is 4.74 Å². The number of allylic oxidation sites excluding steroid dienone is 3. The van der Waals surface area contributed by atoms with Crippen molar-refractivity contribution in [3.63, 3.8) is 0 Å². The fourth-order valence-corrected chi connectivity index (χ4v) is 3.05. The minimum atomic E-state index is -0.212. The van der Waals surface area contributed by atoms with Gasteiger partial charge in [-0.1, -0.05) is 77.0 Å². The van der Waals surface area contributed by atoms with E-state index in [1.165, 1.54) is 83.5 Å². The summed E-state index contributed by atoms with van der Waals surface area (Å²) >= 11 is 0. The molecular weight excluding hydrogens is 323 g/mol. The number of unbranched alkanes of at least 4 members (excludes halogenated alkanes) is 13. The van der Waals surface area contributed by atoms with E-state index >= 15 is 0 Å². The van der Waals surface area contributed by atoms with Crippen molar-refractivity contribution < 1.29 is 9.13 Å². The minimum absolute atomic E-state index is 0.212. The molecule has 0 aromatic rings. The average Bonchev–Trinajstić information content (AvgIpc) is 2.64. The topological polar surface area (TPSA) is 9.23 Å². The van der Waals surface area contributed by atoms with Crippen LogP contribution in [0.4, 0.5) is 4.39 Å². The van der Waals surface area contributed by atoms with Gasteiger partial charge in [0.05, 0.1) is 19.0 Å². The van der Waals surface area contributed by atoms with Crippen molar-refractivity contribution in [2.45, 2.75) is 116 Å². The number of hydrogen-bond acceptors (Lipinski definition) is 1. The lowest BCUT2D eigenvalue weighted by molar-refractivity contribution is 0.194. The number of alkyl halides is 1. The maximum Gasteiger partial charge on any atom is 0.0894 e. The monoisotopic (exact) mass is 368 g/mol. The van der Waals surface area contributed by atoms with Crippen LogP contribution in [-0.2, 0) is 4.74 Å². The van der Waals surface area contributed by atoms with Gasteiger partial charge in [-0.05, 0) is 51.4 Å². The van der Waals surface area contributed by atoms with Gasteiger partial charge in [0, 0.05) is 6.42 Å². The SMILES string of the molecule is C=C(CCCCCCC/C=C\CCCCCCCC)OCCCCCF. The van der Waals surface area contributed by atoms with Gasteiger partial charge in [0.2, 0.25) is 0 Å². The Morgan fingerprint density at radius 3 is 1.88 bits per heavy atom. The van der Waals surface area contributed by atoms with Crippen LogP contribution < -0.4 is 0 Å². The van der Waals surface area contributed by atoms with Gasteiger partial charge in [-0.15, -0.1) is 0 Å². The van der Waals surface area contributed by atoms with Crippen LogP contribution in [0.5, 0.6) is 0 Å². The van der Waals surface area contributed by atoms with E-state index in [4.69, 9.17) is 4.74 Å². The van der Waals surface area contributed by atoms with Crippen LogP contribution in [0.25, 0.3) is 0 Å². The quantitative estimate of drug-likeness (QED) is 0.112. The molecule has 0 saturated carbocycles. The summed E-state index contributed by atoms with van der Waals surface area (Å²) in [6.45, 7) is 6.73. The first-order valence-corrected chi connectivity index (χ1v) is 11.3. The third-order valence-corrected chi connectivity index (χ3v) is 4.80. The van der Waals surface area contributed by atoms with Crippen molar-refractivity contribution in [1.82, 2.24) is 0 Å². The zero-order valence-corrected chi connectivity index (χ0v) is 17.6. The predicted octanol–water partition coefficient (Wildman–Crippen LogP) is 8.69. The summed E-state index contributed by atoms with van der Waals surface area (Å²) < 4.78 is 17.5. The lowest BCUT2D eigenvalue weighted by Crippen LogP contribution is -1.95. The van der Waals surface area contributed by atoms with Crippen molar-refractivity contribution in [3.8, 4) is 0 Å². The molecule has 0 heterocycles. The second-order valence-corrected chi connectivity index (χ2v) is 7.47. The van der Waals surface area contributed by atoms with Gasteiger partial charge in [0.15, 0.2) is 0 Å². The number of ether oxygens (including phenoxy) is 1. The first-order valence-electron chi connectivity index (χ1n) is 11.3. The Bertz CT molecular complexity index is 311. The second-order valence-electron chi connectivity index (χ2n) is 7.47. The molecule has 0 aromatic carbocycles. The van der Waals surface area contributed by atoms with E-state index in [1.54, 1.807) is 0 Å². The Hall–Kier alpha value is -0.790. The van der Waals surface area contributed by atoms with Crippen LogP contribution in [-0.4, -0.2) is 13.3 Å². The summed E-state index contributed by atoms with van der Waals surface area (Å²) in [6.07, 6.45) is 25.5. The molecule has 0 amide bonds.